The topological polar surface area (TPSA) is 29.5 Å². The average Bonchev–Trinajstić information content (AvgIpc) is 2.03. The molecule has 0 fully saturated rings. The van der Waals surface area contributed by atoms with Gasteiger partial charge in [-0.1, -0.05) is 19.1 Å². The summed E-state index contributed by atoms with van der Waals surface area (Å²) in [4.78, 5) is 13.0. The molecule has 0 spiro atoms. The molecule has 0 saturated heterocycles. The van der Waals surface area contributed by atoms with Crippen molar-refractivity contribution in [2.45, 2.75) is 20.3 Å². The predicted molar refractivity (Wildman–Crippen MR) is 53.6 cm³/mol. The standard InChI is InChI=1S/C10H19NO2/c1-5-6-11(7-9(2)3)8-10(12)13-4/h2,5-8H2,1,3-4H3. The Kier molecular flexibility index (Phi) is 6.24. The number of rotatable bonds is 6. The molecule has 13 heavy (non-hydrogen) atoms. The Balaban J connectivity index is 3.93. The first-order valence-electron chi connectivity index (χ1n) is 4.53. The largest absolute Gasteiger partial charge is 0.468 e. The number of ether oxygens (including phenoxy) is 1. The van der Waals surface area contributed by atoms with Crippen molar-refractivity contribution in [1.82, 2.24) is 4.90 Å². The first-order chi connectivity index (χ1) is 6.10. The zero-order valence-electron chi connectivity index (χ0n) is 8.80. The molecule has 0 N–H and O–H groups in total. The third kappa shape index (κ3) is 6.34. The van der Waals surface area contributed by atoms with E-state index in [-0.39, 0.29) is 5.97 Å². The van der Waals surface area contributed by atoms with Gasteiger partial charge in [0, 0.05) is 6.54 Å². The van der Waals surface area contributed by atoms with E-state index in [4.69, 9.17) is 0 Å². The van der Waals surface area contributed by atoms with Crippen LogP contribution in [0.25, 0.3) is 0 Å². The molecule has 76 valence electrons. The molecule has 0 aromatic carbocycles. The molecule has 0 amide bonds. The van der Waals surface area contributed by atoms with Crippen LogP contribution in [-0.2, 0) is 9.53 Å². The highest BCUT2D eigenvalue weighted by Gasteiger charge is 2.09. The summed E-state index contributed by atoms with van der Waals surface area (Å²) in [6, 6.07) is 0. The lowest BCUT2D eigenvalue weighted by atomic mass is 10.3. The lowest BCUT2D eigenvalue weighted by molar-refractivity contribution is -0.141. The van der Waals surface area contributed by atoms with Gasteiger partial charge in [-0.15, -0.1) is 0 Å². The summed E-state index contributed by atoms with van der Waals surface area (Å²) >= 11 is 0. The Morgan fingerprint density at radius 2 is 2.08 bits per heavy atom. The second-order valence-corrected chi connectivity index (χ2v) is 3.24. The summed E-state index contributed by atoms with van der Waals surface area (Å²) in [7, 11) is 1.41. The van der Waals surface area contributed by atoms with E-state index >= 15 is 0 Å². The van der Waals surface area contributed by atoms with Crippen LogP contribution in [0.2, 0.25) is 0 Å². The summed E-state index contributed by atoms with van der Waals surface area (Å²) in [6.45, 7) is 9.89. The molecule has 0 unspecified atom stereocenters. The number of carbonyl (C=O) groups is 1. The molecule has 0 aromatic heterocycles. The molecular formula is C10H19NO2. The zero-order valence-corrected chi connectivity index (χ0v) is 8.80. The van der Waals surface area contributed by atoms with Crippen molar-refractivity contribution in [2.24, 2.45) is 0 Å². The van der Waals surface area contributed by atoms with E-state index in [1.54, 1.807) is 0 Å². The molecule has 3 heteroatoms. The van der Waals surface area contributed by atoms with Gasteiger partial charge in [0.1, 0.15) is 0 Å². The Labute approximate surface area is 80.4 Å². The predicted octanol–water partition coefficient (Wildman–Crippen LogP) is 1.45. The van der Waals surface area contributed by atoms with Gasteiger partial charge in [-0.25, -0.2) is 0 Å². The SMILES string of the molecule is C=C(C)CN(CCC)CC(=O)OC. The lowest BCUT2D eigenvalue weighted by Crippen LogP contribution is -2.32. The van der Waals surface area contributed by atoms with E-state index in [2.05, 4.69) is 18.2 Å². The fourth-order valence-corrected chi connectivity index (χ4v) is 1.16. The number of hydrogen-bond donors (Lipinski definition) is 0. The van der Waals surface area contributed by atoms with Crippen molar-refractivity contribution in [3.8, 4) is 0 Å². The zero-order chi connectivity index (χ0) is 10.3. The molecule has 0 bridgehead atoms. The summed E-state index contributed by atoms with van der Waals surface area (Å²) in [5, 5.41) is 0. The van der Waals surface area contributed by atoms with Crippen molar-refractivity contribution in [2.75, 3.05) is 26.7 Å². The van der Waals surface area contributed by atoms with Gasteiger partial charge in [0.25, 0.3) is 0 Å². The second-order valence-electron chi connectivity index (χ2n) is 3.24. The van der Waals surface area contributed by atoms with E-state index in [0.717, 1.165) is 25.1 Å². The van der Waals surface area contributed by atoms with E-state index in [9.17, 15) is 4.79 Å². The van der Waals surface area contributed by atoms with Gasteiger partial charge in [0.05, 0.1) is 13.7 Å². The molecule has 0 saturated carbocycles. The van der Waals surface area contributed by atoms with Crippen LogP contribution in [0, 0.1) is 0 Å². The molecule has 0 aliphatic rings. The van der Waals surface area contributed by atoms with Crippen molar-refractivity contribution >= 4 is 5.97 Å². The van der Waals surface area contributed by atoms with Crippen LogP contribution in [-0.4, -0.2) is 37.6 Å². The smallest absolute Gasteiger partial charge is 0.319 e. The second kappa shape index (κ2) is 6.66. The van der Waals surface area contributed by atoms with Gasteiger partial charge < -0.3 is 4.74 Å². The molecule has 0 aliphatic heterocycles. The average molecular weight is 185 g/mol. The van der Waals surface area contributed by atoms with Gasteiger partial charge in [-0.2, -0.15) is 0 Å². The van der Waals surface area contributed by atoms with Crippen LogP contribution in [0.3, 0.4) is 0 Å². The van der Waals surface area contributed by atoms with Crippen LogP contribution in [0.4, 0.5) is 0 Å². The number of carbonyl (C=O) groups excluding carboxylic acids is 1. The monoisotopic (exact) mass is 185 g/mol. The minimum atomic E-state index is -0.185. The normalized spacial score (nSPS) is 10.2. The molecular weight excluding hydrogens is 166 g/mol. The Morgan fingerprint density at radius 3 is 2.46 bits per heavy atom. The summed E-state index contributed by atoms with van der Waals surface area (Å²) in [6.07, 6.45) is 1.03. The number of hydrogen-bond acceptors (Lipinski definition) is 3. The highest BCUT2D eigenvalue weighted by atomic mass is 16.5. The third-order valence-corrected chi connectivity index (χ3v) is 1.61. The van der Waals surface area contributed by atoms with E-state index in [0.29, 0.717) is 6.54 Å². The van der Waals surface area contributed by atoms with Crippen LogP contribution in [0.5, 0.6) is 0 Å². The number of nitrogens with zero attached hydrogens (tertiary/aromatic N) is 1. The fourth-order valence-electron chi connectivity index (χ4n) is 1.16. The molecule has 0 aliphatic carbocycles. The Hall–Kier alpha value is -0.830. The molecule has 0 atom stereocenters. The minimum absolute atomic E-state index is 0.185. The minimum Gasteiger partial charge on any atom is -0.468 e. The van der Waals surface area contributed by atoms with Crippen molar-refractivity contribution in [1.29, 1.82) is 0 Å². The van der Waals surface area contributed by atoms with Gasteiger partial charge in [-0.3, -0.25) is 9.69 Å². The maximum Gasteiger partial charge on any atom is 0.319 e. The molecule has 0 rings (SSSR count). The fraction of sp³-hybridized carbons (Fsp3) is 0.700. The van der Waals surface area contributed by atoms with Gasteiger partial charge in [-0.05, 0) is 19.9 Å². The third-order valence-electron chi connectivity index (χ3n) is 1.61. The summed E-state index contributed by atoms with van der Waals surface area (Å²) < 4.78 is 4.60. The van der Waals surface area contributed by atoms with Crippen molar-refractivity contribution < 1.29 is 9.53 Å². The maximum atomic E-state index is 11.0. The number of esters is 1. The van der Waals surface area contributed by atoms with Crippen LogP contribution >= 0.6 is 0 Å². The van der Waals surface area contributed by atoms with Gasteiger partial charge in [0.2, 0.25) is 0 Å². The first-order valence-corrected chi connectivity index (χ1v) is 4.53. The maximum absolute atomic E-state index is 11.0. The van der Waals surface area contributed by atoms with E-state index in [1.165, 1.54) is 7.11 Å². The molecule has 3 nitrogen and oxygen atoms in total. The molecule has 0 heterocycles. The van der Waals surface area contributed by atoms with Crippen molar-refractivity contribution in [3.05, 3.63) is 12.2 Å². The van der Waals surface area contributed by atoms with Crippen LogP contribution < -0.4 is 0 Å². The first kappa shape index (κ1) is 12.2. The summed E-state index contributed by atoms with van der Waals surface area (Å²) in [5.74, 6) is -0.185. The van der Waals surface area contributed by atoms with E-state index in [1.807, 2.05) is 11.8 Å². The number of methoxy groups -OCH3 is 1. The lowest BCUT2D eigenvalue weighted by Gasteiger charge is -2.19. The van der Waals surface area contributed by atoms with Gasteiger partial charge >= 0.3 is 5.97 Å². The van der Waals surface area contributed by atoms with Crippen LogP contribution in [0.15, 0.2) is 12.2 Å². The molecule has 0 radical (unpaired) electrons. The quantitative estimate of drug-likeness (QED) is 0.463. The molecule has 0 aromatic rings. The Bertz CT molecular complexity index is 178. The van der Waals surface area contributed by atoms with Crippen molar-refractivity contribution in [3.63, 3.8) is 0 Å². The van der Waals surface area contributed by atoms with E-state index < -0.39 is 0 Å². The Morgan fingerprint density at radius 1 is 1.46 bits per heavy atom. The highest BCUT2D eigenvalue weighted by Crippen LogP contribution is 1.97. The van der Waals surface area contributed by atoms with Crippen LogP contribution in [0.1, 0.15) is 20.3 Å². The summed E-state index contributed by atoms with van der Waals surface area (Å²) in [5.41, 5.74) is 1.07. The highest BCUT2D eigenvalue weighted by molar-refractivity contribution is 5.71. The van der Waals surface area contributed by atoms with Gasteiger partial charge in [0.15, 0.2) is 0 Å².